The van der Waals surface area contributed by atoms with Gasteiger partial charge in [0.2, 0.25) is 5.91 Å². The van der Waals surface area contributed by atoms with E-state index < -0.39 is 18.5 Å². The Kier molecular flexibility index (Phi) is 7.84. The number of amides is 2. The number of rotatable bonds is 9. The van der Waals surface area contributed by atoms with Crippen molar-refractivity contribution in [3.8, 4) is 5.75 Å². The van der Waals surface area contributed by atoms with Crippen LogP contribution in [-0.2, 0) is 20.9 Å². The minimum atomic E-state index is -0.612. The molecule has 2 aromatic rings. The molecule has 0 aliphatic rings. The smallest absolute Gasteiger partial charge is 0.338 e. The van der Waals surface area contributed by atoms with Gasteiger partial charge in [0.15, 0.2) is 6.61 Å². The molecule has 0 fully saturated rings. The summed E-state index contributed by atoms with van der Waals surface area (Å²) in [5, 5.41) is 4.92. The number of ether oxygens (including phenoxy) is 2. The molecule has 2 amide bonds. The van der Waals surface area contributed by atoms with Gasteiger partial charge in [0.1, 0.15) is 12.4 Å². The van der Waals surface area contributed by atoms with E-state index >= 15 is 0 Å². The number of likely N-dealkylation sites (N-methyl/N-ethyl adjacent to an activating group) is 1. The SMILES string of the molecule is CCNC(=O)CNC(=O)COC(=O)c1ccc(COc2ccccc2)cc1. The van der Waals surface area contributed by atoms with Crippen molar-refractivity contribution in [2.24, 2.45) is 0 Å². The van der Waals surface area contributed by atoms with Gasteiger partial charge in [-0.05, 0) is 36.8 Å². The Hall–Kier alpha value is -3.35. The predicted molar refractivity (Wildman–Crippen MR) is 99.2 cm³/mol. The van der Waals surface area contributed by atoms with E-state index in [0.717, 1.165) is 11.3 Å². The Balaban J connectivity index is 1.74. The number of esters is 1. The molecule has 0 saturated carbocycles. The van der Waals surface area contributed by atoms with E-state index in [1.807, 2.05) is 30.3 Å². The van der Waals surface area contributed by atoms with Crippen LogP contribution in [0.25, 0.3) is 0 Å². The van der Waals surface area contributed by atoms with Gasteiger partial charge in [-0.15, -0.1) is 0 Å². The molecule has 0 atom stereocenters. The van der Waals surface area contributed by atoms with Crippen LogP contribution in [0.2, 0.25) is 0 Å². The van der Waals surface area contributed by atoms with Gasteiger partial charge >= 0.3 is 5.97 Å². The van der Waals surface area contributed by atoms with Gasteiger partial charge in [-0.3, -0.25) is 9.59 Å². The van der Waals surface area contributed by atoms with Gasteiger partial charge < -0.3 is 20.1 Å². The third-order valence-corrected chi connectivity index (χ3v) is 3.49. The summed E-state index contributed by atoms with van der Waals surface area (Å²) in [5.74, 6) is -0.689. The normalized spacial score (nSPS) is 9.96. The van der Waals surface area contributed by atoms with Crippen LogP contribution in [0.15, 0.2) is 54.6 Å². The van der Waals surface area contributed by atoms with Crippen molar-refractivity contribution in [2.45, 2.75) is 13.5 Å². The van der Waals surface area contributed by atoms with Gasteiger partial charge in [0.25, 0.3) is 5.91 Å². The molecule has 2 aromatic carbocycles. The van der Waals surface area contributed by atoms with Crippen molar-refractivity contribution < 1.29 is 23.9 Å². The third-order valence-electron chi connectivity index (χ3n) is 3.49. The molecular weight excluding hydrogens is 348 g/mol. The number of carbonyl (C=O) groups is 3. The van der Waals surface area contributed by atoms with Gasteiger partial charge in [-0.2, -0.15) is 0 Å². The maximum absolute atomic E-state index is 12.0. The predicted octanol–water partition coefficient (Wildman–Crippen LogP) is 1.67. The van der Waals surface area contributed by atoms with Crippen molar-refractivity contribution >= 4 is 17.8 Å². The maximum atomic E-state index is 12.0. The van der Waals surface area contributed by atoms with Crippen LogP contribution in [0.3, 0.4) is 0 Å². The van der Waals surface area contributed by atoms with Gasteiger partial charge in [0, 0.05) is 6.54 Å². The van der Waals surface area contributed by atoms with E-state index in [0.29, 0.717) is 18.7 Å². The third kappa shape index (κ3) is 7.19. The lowest BCUT2D eigenvalue weighted by Crippen LogP contribution is -2.38. The summed E-state index contributed by atoms with van der Waals surface area (Å²) in [5.41, 5.74) is 1.23. The molecule has 0 aliphatic carbocycles. The van der Waals surface area contributed by atoms with Crippen LogP contribution < -0.4 is 15.4 Å². The first-order valence-electron chi connectivity index (χ1n) is 8.55. The second kappa shape index (κ2) is 10.6. The second-order valence-corrected chi connectivity index (χ2v) is 5.61. The average Bonchev–Trinajstić information content (AvgIpc) is 2.70. The molecule has 7 heteroatoms. The molecule has 0 spiro atoms. The van der Waals surface area contributed by atoms with E-state index in [9.17, 15) is 14.4 Å². The number of hydrogen-bond acceptors (Lipinski definition) is 5. The van der Waals surface area contributed by atoms with Crippen molar-refractivity contribution in [1.82, 2.24) is 10.6 Å². The molecule has 142 valence electrons. The van der Waals surface area contributed by atoms with Gasteiger partial charge in [-0.1, -0.05) is 30.3 Å². The lowest BCUT2D eigenvalue weighted by Gasteiger charge is -2.08. The lowest BCUT2D eigenvalue weighted by atomic mass is 10.1. The van der Waals surface area contributed by atoms with Gasteiger partial charge in [-0.25, -0.2) is 4.79 Å². The molecule has 0 aliphatic heterocycles. The first-order valence-corrected chi connectivity index (χ1v) is 8.55. The molecule has 2 N–H and O–H groups in total. The Morgan fingerprint density at radius 1 is 0.889 bits per heavy atom. The maximum Gasteiger partial charge on any atom is 0.338 e. The largest absolute Gasteiger partial charge is 0.489 e. The van der Waals surface area contributed by atoms with Crippen molar-refractivity contribution in [3.05, 3.63) is 65.7 Å². The number of nitrogens with one attached hydrogen (secondary N) is 2. The molecule has 0 heterocycles. The first kappa shape index (κ1) is 20.0. The highest BCUT2D eigenvalue weighted by atomic mass is 16.5. The summed E-state index contributed by atoms with van der Waals surface area (Å²) in [6.07, 6.45) is 0. The molecular formula is C20H22N2O5. The molecule has 7 nitrogen and oxygen atoms in total. The van der Waals surface area contributed by atoms with E-state index in [-0.39, 0.29) is 12.5 Å². The van der Waals surface area contributed by atoms with Crippen molar-refractivity contribution in [1.29, 1.82) is 0 Å². The fourth-order valence-corrected chi connectivity index (χ4v) is 2.12. The second-order valence-electron chi connectivity index (χ2n) is 5.61. The Morgan fingerprint density at radius 2 is 1.59 bits per heavy atom. The topological polar surface area (TPSA) is 93.7 Å². The molecule has 0 radical (unpaired) electrons. The molecule has 0 saturated heterocycles. The molecule has 2 rings (SSSR count). The van der Waals surface area contributed by atoms with E-state index in [4.69, 9.17) is 9.47 Å². The van der Waals surface area contributed by atoms with Crippen molar-refractivity contribution in [3.63, 3.8) is 0 Å². The highest BCUT2D eigenvalue weighted by Crippen LogP contribution is 2.12. The first-order chi connectivity index (χ1) is 13.1. The number of para-hydroxylation sites is 1. The molecule has 0 aromatic heterocycles. The number of benzene rings is 2. The van der Waals surface area contributed by atoms with E-state index in [1.165, 1.54) is 0 Å². The zero-order chi connectivity index (χ0) is 19.5. The fraction of sp³-hybridized carbons (Fsp3) is 0.250. The summed E-state index contributed by atoms with van der Waals surface area (Å²) in [4.78, 5) is 34.8. The zero-order valence-corrected chi connectivity index (χ0v) is 15.1. The average molecular weight is 370 g/mol. The Labute approximate surface area is 157 Å². The molecule has 0 unspecified atom stereocenters. The minimum Gasteiger partial charge on any atom is -0.489 e. The summed E-state index contributed by atoms with van der Waals surface area (Å²) in [6, 6.07) is 16.2. The number of carbonyl (C=O) groups excluding carboxylic acids is 3. The van der Waals surface area contributed by atoms with Crippen LogP contribution in [-0.4, -0.2) is 37.5 Å². The highest BCUT2D eigenvalue weighted by Gasteiger charge is 2.11. The van der Waals surface area contributed by atoms with Crippen LogP contribution in [0.1, 0.15) is 22.8 Å². The quantitative estimate of drug-likeness (QED) is 0.655. The summed E-state index contributed by atoms with van der Waals surface area (Å²) in [7, 11) is 0. The minimum absolute atomic E-state index is 0.152. The van der Waals surface area contributed by atoms with Crippen LogP contribution in [0.4, 0.5) is 0 Å². The molecule has 27 heavy (non-hydrogen) atoms. The molecule has 0 bridgehead atoms. The van der Waals surface area contributed by atoms with Crippen LogP contribution in [0, 0.1) is 0 Å². The van der Waals surface area contributed by atoms with Crippen LogP contribution in [0.5, 0.6) is 5.75 Å². The van der Waals surface area contributed by atoms with Crippen molar-refractivity contribution in [2.75, 3.05) is 19.7 Å². The number of hydrogen-bond donors (Lipinski definition) is 2. The van der Waals surface area contributed by atoms with E-state index in [1.54, 1.807) is 31.2 Å². The summed E-state index contributed by atoms with van der Waals surface area (Å²) >= 11 is 0. The summed E-state index contributed by atoms with van der Waals surface area (Å²) in [6.45, 7) is 2.04. The lowest BCUT2D eigenvalue weighted by molar-refractivity contribution is -0.127. The standard InChI is InChI=1S/C20H22N2O5/c1-2-21-18(23)12-22-19(24)14-27-20(25)16-10-8-15(9-11-16)13-26-17-6-4-3-5-7-17/h3-11H,2,12-14H2,1H3,(H,21,23)(H,22,24). The monoisotopic (exact) mass is 370 g/mol. The van der Waals surface area contributed by atoms with Gasteiger partial charge in [0.05, 0.1) is 12.1 Å². The Morgan fingerprint density at radius 3 is 2.26 bits per heavy atom. The van der Waals surface area contributed by atoms with E-state index in [2.05, 4.69) is 10.6 Å². The Bertz CT molecular complexity index is 760. The fourth-order valence-electron chi connectivity index (χ4n) is 2.12. The van der Waals surface area contributed by atoms with Crippen LogP contribution >= 0.6 is 0 Å². The highest BCUT2D eigenvalue weighted by molar-refractivity contribution is 5.92. The zero-order valence-electron chi connectivity index (χ0n) is 15.1. The summed E-state index contributed by atoms with van der Waals surface area (Å²) < 4.78 is 10.6.